The number of aliphatic hydroxyl groups excluding tert-OH is 2. The fourth-order valence-electron chi connectivity index (χ4n) is 5.18. The molecule has 4 rings (SSSR count). The molecule has 0 saturated carbocycles. The number of hydrogen-bond acceptors (Lipinski definition) is 7. The predicted molar refractivity (Wildman–Crippen MR) is 145 cm³/mol. The summed E-state index contributed by atoms with van der Waals surface area (Å²) in [4.78, 5) is 40.1. The van der Waals surface area contributed by atoms with Gasteiger partial charge in [-0.25, -0.2) is 0 Å². The first-order chi connectivity index (χ1) is 18.8. The van der Waals surface area contributed by atoms with Gasteiger partial charge in [0.05, 0.1) is 25.7 Å². The lowest BCUT2D eigenvalue weighted by molar-refractivity contribution is -0.138. The van der Waals surface area contributed by atoms with Crippen molar-refractivity contribution in [2.75, 3.05) is 20.3 Å². The van der Waals surface area contributed by atoms with Crippen molar-refractivity contribution in [3.05, 3.63) is 69.8 Å². The SMILES string of the molecule is CCCCC(=O)N(Cc1ccc(Cl)cc1)[C@@H]1C=C(C(=O)NCCO)[C@@H]2c3cc(C=O)cc(OC)c3O[C@@H]2[C@H]1O. The van der Waals surface area contributed by atoms with Gasteiger partial charge in [-0.15, -0.1) is 0 Å². The van der Waals surface area contributed by atoms with E-state index in [2.05, 4.69) is 5.32 Å². The van der Waals surface area contributed by atoms with Crippen LogP contribution in [0, 0.1) is 0 Å². The number of nitrogens with one attached hydrogen (secondary N) is 1. The summed E-state index contributed by atoms with van der Waals surface area (Å²) in [5.41, 5.74) is 1.95. The summed E-state index contributed by atoms with van der Waals surface area (Å²) in [5.74, 6) is -0.714. The highest BCUT2D eigenvalue weighted by Crippen LogP contribution is 2.51. The molecule has 2 aliphatic rings. The van der Waals surface area contributed by atoms with Crippen LogP contribution in [0.15, 0.2) is 48.0 Å². The molecule has 1 aliphatic heterocycles. The van der Waals surface area contributed by atoms with Gasteiger partial charge in [0.15, 0.2) is 11.5 Å². The Hall–Kier alpha value is -3.40. The van der Waals surface area contributed by atoms with Crippen molar-refractivity contribution in [1.82, 2.24) is 10.2 Å². The Labute approximate surface area is 232 Å². The number of benzene rings is 2. The molecule has 39 heavy (non-hydrogen) atoms. The summed E-state index contributed by atoms with van der Waals surface area (Å²) < 4.78 is 11.7. The number of carbonyl (C=O) groups is 3. The highest BCUT2D eigenvalue weighted by Gasteiger charge is 2.51. The van der Waals surface area contributed by atoms with E-state index in [1.165, 1.54) is 13.2 Å². The first kappa shape index (κ1) is 28.6. The minimum atomic E-state index is -1.20. The second-order valence-corrected chi connectivity index (χ2v) is 10.1. The summed E-state index contributed by atoms with van der Waals surface area (Å²) in [6, 6.07) is 9.36. The molecule has 0 spiro atoms. The van der Waals surface area contributed by atoms with Gasteiger partial charge in [0.25, 0.3) is 0 Å². The Kier molecular flexibility index (Phi) is 9.27. The lowest BCUT2D eigenvalue weighted by atomic mass is 9.77. The monoisotopic (exact) mass is 556 g/mol. The number of ether oxygens (including phenoxy) is 2. The highest BCUT2D eigenvalue weighted by molar-refractivity contribution is 6.30. The number of halogens is 1. The van der Waals surface area contributed by atoms with Gasteiger partial charge in [-0.3, -0.25) is 14.4 Å². The molecular weight excluding hydrogens is 524 g/mol. The van der Waals surface area contributed by atoms with E-state index in [0.29, 0.717) is 40.4 Å². The van der Waals surface area contributed by atoms with E-state index in [1.807, 2.05) is 19.1 Å². The van der Waals surface area contributed by atoms with Crippen LogP contribution in [-0.2, 0) is 16.1 Å². The Balaban J connectivity index is 1.80. The van der Waals surface area contributed by atoms with Crippen molar-refractivity contribution in [2.45, 2.75) is 56.9 Å². The van der Waals surface area contributed by atoms with Crippen LogP contribution in [0.3, 0.4) is 0 Å². The number of aldehydes is 1. The molecule has 0 bridgehead atoms. The maximum atomic E-state index is 13.5. The molecule has 208 valence electrons. The maximum absolute atomic E-state index is 13.5. The molecule has 0 fully saturated rings. The summed E-state index contributed by atoms with van der Waals surface area (Å²) >= 11 is 6.06. The number of aliphatic hydroxyl groups is 2. The first-order valence-corrected chi connectivity index (χ1v) is 13.4. The van der Waals surface area contributed by atoms with Gasteiger partial charge in [0.2, 0.25) is 11.8 Å². The summed E-state index contributed by atoms with van der Waals surface area (Å²) in [6.45, 7) is 1.95. The predicted octanol–water partition coefficient (Wildman–Crippen LogP) is 3.00. The van der Waals surface area contributed by atoms with Gasteiger partial charge < -0.3 is 29.9 Å². The van der Waals surface area contributed by atoms with Crippen molar-refractivity contribution in [2.24, 2.45) is 0 Å². The molecule has 0 aromatic heterocycles. The number of fused-ring (bicyclic) bond motifs is 3. The number of amides is 2. The Morgan fingerprint density at radius 2 is 1.97 bits per heavy atom. The Morgan fingerprint density at radius 3 is 2.62 bits per heavy atom. The first-order valence-electron chi connectivity index (χ1n) is 13.0. The highest BCUT2D eigenvalue weighted by atomic mass is 35.5. The number of nitrogens with zero attached hydrogens (tertiary/aromatic N) is 1. The van der Waals surface area contributed by atoms with Crippen LogP contribution in [0.5, 0.6) is 11.5 Å². The Bertz CT molecular complexity index is 1250. The quantitative estimate of drug-likeness (QED) is 0.363. The standard InChI is InChI=1S/C29H33ClN2O7/c1-3-4-5-24(35)32(15-17-6-8-19(30)9-7-17)22-14-21(29(37)31-10-11-33)25-20-12-18(16-34)13-23(38-2)27(20)39-28(25)26(22)36/h6-9,12-14,16,22,25-26,28,33,36H,3-5,10-11,15H2,1-2H3,(H,31,37)/t22-,25+,26+,28+/m1/s1. The topological polar surface area (TPSA) is 125 Å². The molecule has 4 atom stereocenters. The van der Waals surface area contributed by atoms with Crippen LogP contribution < -0.4 is 14.8 Å². The van der Waals surface area contributed by atoms with Crippen molar-refractivity contribution in [1.29, 1.82) is 0 Å². The lowest BCUT2D eigenvalue weighted by Crippen LogP contribution is -2.55. The number of hydrogen-bond donors (Lipinski definition) is 3. The van der Waals surface area contributed by atoms with Crippen molar-refractivity contribution < 1.29 is 34.1 Å². The molecule has 2 aromatic rings. The van der Waals surface area contributed by atoms with Gasteiger partial charge in [0.1, 0.15) is 18.5 Å². The zero-order chi connectivity index (χ0) is 28.1. The zero-order valence-corrected chi connectivity index (χ0v) is 22.7. The minimum absolute atomic E-state index is 0.0239. The number of methoxy groups -OCH3 is 1. The smallest absolute Gasteiger partial charge is 0.247 e. The third kappa shape index (κ3) is 5.95. The lowest BCUT2D eigenvalue weighted by Gasteiger charge is -2.41. The van der Waals surface area contributed by atoms with E-state index in [9.17, 15) is 24.6 Å². The van der Waals surface area contributed by atoms with Crippen LogP contribution >= 0.6 is 11.6 Å². The van der Waals surface area contributed by atoms with Crippen molar-refractivity contribution in [3.63, 3.8) is 0 Å². The summed E-state index contributed by atoms with van der Waals surface area (Å²) in [5, 5.41) is 24.2. The normalized spacial score (nSPS) is 21.2. The fraction of sp³-hybridized carbons (Fsp3) is 0.414. The van der Waals surface area contributed by atoms with Gasteiger partial charge in [-0.2, -0.15) is 0 Å². The molecule has 0 unspecified atom stereocenters. The van der Waals surface area contributed by atoms with Crippen LogP contribution in [-0.4, -0.2) is 71.7 Å². The van der Waals surface area contributed by atoms with E-state index in [4.69, 9.17) is 21.1 Å². The Morgan fingerprint density at radius 1 is 1.23 bits per heavy atom. The van der Waals surface area contributed by atoms with E-state index in [1.54, 1.807) is 29.2 Å². The van der Waals surface area contributed by atoms with Crippen LogP contribution in [0.1, 0.15) is 53.6 Å². The van der Waals surface area contributed by atoms with Gasteiger partial charge >= 0.3 is 0 Å². The average Bonchev–Trinajstić information content (AvgIpc) is 3.34. The second kappa shape index (κ2) is 12.6. The third-order valence-corrected chi connectivity index (χ3v) is 7.35. The van der Waals surface area contributed by atoms with Crippen LogP contribution in [0.4, 0.5) is 0 Å². The summed E-state index contributed by atoms with van der Waals surface area (Å²) in [6.07, 6.45) is 1.93. The molecule has 3 N–H and O–H groups in total. The second-order valence-electron chi connectivity index (χ2n) is 9.65. The molecule has 0 radical (unpaired) electrons. The van der Waals surface area contributed by atoms with E-state index in [0.717, 1.165) is 12.0 Å². The average molecular weight is 557 g/mol. The van der Waals surface area contributed by atoms with E-state index < -0.39 is 30.1 Å². The molecular formula is C29H33ClN2O7. The van der Waals surface area contributed by atoms with Crippen molar-refractivity contribution >= 4 is 29.7 Å². The van der Waals surface area contributed by atoms with E-state index in [-0.39, 0.29) is 37.6 Å². The van der Waals surface area contributed by atoms with Gasteiger partial charge in [-0.1, -0.05) is 37.1 Å². The van der Waals surface area contributed by atoms with Gasteiger partial charge in [0, 0.05) is 41.2 Å². The third-order valence-electron chi connectivity index (χ3n) is 7.10. The molecule has 0 saturated heterocycles. The van der Waals surface area contributed by atoms with Gasteiger partial charge in [-0.05, 0) is 42.3 Å². The molecule has 10 heteroatoms. The number of rotatable bonds is 11. The molecule has 9 nitrogen and oxygen atoms in total. The maximum Gasteiger partial charge on any atom is 0.247 e. The molecule has 2 amide bonds. The fourth-order valence-corrected chi connectivity index (χ4v) is 5.30. The van der Waals surface area contributed by atoms with E-state index >= 15 is 0 Å². The minimum Gasteiger partial charge on any atom is -0.493 e. The summed E-state index contributed by atoms with van der Waals surface area (Å²) in [7, 11) is 1.44. The molecule has 1 heterocycles. The number of carbonyl (C=O) groups excluding carboxylic acids is 3. The van der Waals surface area contributed by atoms with Crippen LogP contribution in [0.25, 0.3) is 0 Å². The molecule has 1 aliphatic carbocycles. The molecule has 2 aromatic carbocycles. The largest absolute Gasteiger partial charge is 0.493 e. The van der Waals surface area contributed by atoms with Crippen LogP contribution in [0.2, 0.25) is 5.02 Å². The van der Waals surface area contributed by atoms with Crippen molar-refractivity contribution in [3.8, 4) is 11.5 Å². The zero-order valence-electron chi connectivity index (χ0n) is 21.9. The number of unbranched alkanes of at least 4 members (excludes halogenated alkanes) is 1.